The van der Waals surface area contributed by atoms with Crippen LogP contribution in [0.25, 0.3) is 0 Å². The van der Waals surface area contributed by atoms with Crippen molar-refractivity contribution in [2.45, 2.75) is 51.9 Å². The maximum Gasteiger partial charge on any atom is 0.498 e. The predicted octanol–water partition coefficient (Wildman–Crippen LogP) is -0.102. The van der Waals surface area contributed by atoms with Crippen LogP contribution in [-0.4, -0.2) is 75.8 Å². The van der Waals surface area contributed by atoms with Crippen LogP contribution in [0.5, 0.6) is 0 Å². The van der Waals surface area contributed by atoms with Gasteiger partial charge in [0.05, 0.1) is 17.7 Å². The van der Waals surface area contributed by atoms with Crippen molar-refractivity contribution in [3.63, 3.8) is 0 Å². The van der Waals surface area contributed by atoms with E-state index in [4.69, 9.17) is 9.31 Å². The van der Waals surface area contributed by atoms with Gasteiger partial charge in [0.1, 0.15) is 6.04 Å². The first-order chi connectivity index (χ1) is 12.5. The number of amides is 1. The minimum absolute atomic E-state index is 0.104. The van der Waals surface area contributed by atoms with E-state index < -0.39 is 30.3 Å². The molecule has 2 fully saturated rings. The van der Waals surface area contributed by atoms with Gasteiger partial charge in [0.2, 0.25) is 11.9 Å². The van der Waals surface area contributed by atoms with E-state index in [2.05, 4.69) is 9.97 Å². The fourth-order valence-electron chi connectivity index (χ4n) is 3.10. The van der Waals surface area contributed by atoms with Crippen molar-refractivity contribution in [3.05, 3.63) is 12.4 Å². The van der Waals surface area contributed by atoms with Crippen molar-refractivity contribution >= 4 is 30.4 Å². The van der Waals surface area contributed by atoms with Gasteiger partial charge in [-0.1, -0.05) is 0 Å². The number of carbonyl (C=O) groups is 2. The summed E-state index contributed by atoms with van der Waals surface area (Å²) in [5.41, 5.74) is -0.256. The summed E-state index contributed by atoms with van der Waals surface area (Å²) < 4.78 is 12.0. The van der Waals surface area contributed by atoms with Gasteiger partial charge >= 0.3 is 13.1 Å². The number of hydrogen-bond donors (Lipinski definition) is 1. The SMILES string of the molecule is CC(=O)N1CCN(c2ncc(B3OC(C)(C)C(C)(C)O3)cn2)C(C(=O)O)C1. The molecule has 10 heteroatoms. The van der Waals surface area contributed by atoms with Gasteiger partial charge in [-0.2, -0.15) is 0 Å². The fraction of sp³-hybridized carbons (Fsp3) is 0.647. The third kappa shape index (κ3) is 3.63. The number of nitrogens with zero attached hydrogens (tertiary/aromatic N) is 4. The second kappa shape index (κ2) is 6.76. The second-order valence-corrected chi connectivity index (χ2v) is 7.92. The zero-order chi connectivity index (χ0) is 20.0. The number of rotatable bonds is 3. The van der Waals surface area contributed by atoms with E-state index >= 15 is 0 Å². The molecule has 0 aromatic carbocycles. The normalized spacial score (nSPS) is 24.2. The molecular formula is C17H25BN4O5. The Morgan fingerprint density at radius 1 is 1.15 bits per heavy atom. The maximum absolute atomic E-state index is 11.7. The first kappa shape index (κ1) is 19.6. The summed E-state index contributed by atoms with van der Waals surface area (Å²) in [7, 11) is -0.575. The number of carboxylic acid groups (broad SMARTS) is 1. The van der Waals surface area contributed by atoms with Crippen LogP contribution in [0.1, 0.15) is 34.6 Å². The molecule has 1 amide bonds. The van der Waals surface area contributed by atoms with Crippen LogP contribution >= 0.6 is 0 Å². The molecule has 146 valence electrons. The number of carbonyl (C=O) groups excluding carboxylic acids is 1. The summed E-state index contributed by atoms with van der Waals surface area (Å²) in [5.74, 6) is -0.844. The Bertz CT molecular complexity index is 723. The molecule has 2 aliphatic heterocycles. The highest BCUT2D eigenvalue weighted by Gasteiger charge is 2.52. The number of aromatic nitrogens is 2. The molecular weight excluding hydrogens is 351 g/mol. The Morgan fingerprint density at radius 3 is 2.19 bits per heavy atom. The van der Waals surface area contributed by atoms with Gasteiger partial charge in [0, 0.05) is 37.9 Å². The van der Waals surface area contributed by atoms with Crippen LogP contribution in [-0.2, 0) is 18.9 Å². The van der Waals surface area contributed by atoms with Crippen molar-refractivity contribution in [1.29, 1.82) is 0 Å². The van der Waals surface area contributed by atoms with Crippen molar-refractivity contribution in [2.75, 3.05) is 24.5 Å². The first-order valence-electron chi connectivity index (χ1n) is 8.94. The van der Waals surface area contributed by atoms with Crippen molar-refractivity contribution in [1.82, 2.24) is 14.9 Å². The highest BCUT2D eigenvalue weighted by Crippen LogP contribution is 2.36. The number of aliphatic carboxylic acids is 1. The van der Waals surface area contributed by atoms with Gasteiger partial charge in [0.15, 0.2) is 0 Å². The van der Waals surface area contributed by atoms with Gasteiger partial charge in [0.25, 0.3) is 0 Å². The van der Waals surface area contributed by atoms with Crippen LogP contribution in [0.3, 0.4) is 0 Å². The van der Waals surface area contributed by atoms with Crippen molar-refractivity contribution in [3.8, 4) is 0 Å². The molecule has 2 aliphatic rings. The summed E-state index contributed by atoms with van der Waals surface area (Å²) in [6.07, 6.45) is 3.20. The molecule has 3 rings (SSSR count). The Kier molecular flexibility index (Phi) is 4.90. The number of hydrogen-bond acceptors (Lipinski definition) is 7. The molecule has 27 heavy (non-hydrogen) atoms. The lowest BCUT2D eigenvalue weighted by molar-refractivity contribution is -0.141. The Labute approximate surface area is 158 Å². The minimum Gasteiger partial charge on any atom is -0.480 e. The number of piperazine rings is 1. The lowest BCUT2D eigenvalue weighted by Gasteiger charge is -2.38. The van der Waals surface area contributed by atoms with Crippen molar-refractivity contribution in [2.24, 2.45) is 0 Å². The van der Waals surface area contributed by atoms with E-state index in [1.54, 1.807) is 17.3 Å². The number of carboxylic acids is 1. The van der Waals surface area contributed by atoms with Gasteiger partial charge < -0.3 is 24.2 Å². The van der Waals surface area contributed by atoms with Crippen LogP contribution in [0.15, 0.2) is 12.4 Å². The minimum atomic E-state index is -1.01. The molecule has 0 spiro atoms. The van der Waals surface area contributed by atoms with E-state index in [0.717, 1.165) is 0 Å². The monoisotopic (exact) mass is 376 g/mol. The Balaban J connectivity index is 1.77. The molecule has 0 bridgehead atoms. The van der Waals surface area contributed by atoms with Crippen molar-refractivity contribution < 1.29 is 24.0 Å². The highest BCUT2D eigenvalue weighted by molar-refractivity contribution is 6.61. The molecule has 1 N–H and O–H groups in total. The summed E-state index contributed by atoms with van der Waals surface area (Å²) in [4.78, 5) is 35.0. The van der Waals surface area contributed by atoms with Gasteiger partial charge in [-0.05, 0) is 27.7 Å². The van der Waals surface area contributed by atoms with Gasteiger partial charge in [-0.15, -0.1) is 0 Å². The molecule has 1 unspecified atom stereocenters. The summed E-state index contributed by atoms with van der Waals surface area (Å²) in [6.45, 7) is 10.2. The van der Waals surface area contributed by atoms with E-state index in [9.17, 15) is 14.7 Å². The standard InChI is InChI=1S/C17H25BN4O5/c1-11(23)21-6-7-22(13(10-21)14(24)25)15-19-8-12(9-20-15)18-26-16(2,3)17(4,5)27-18/h8-9,13H,6-7,10H2,1-5H3,(H,24,25). The van der Waals surface area contributed by atoms with Crippen LogP contribution in [0.2, 0.25) is 0 Å². The molecule has 9 nitrogen and oxygen atoms in total. The molecule has 2 saturated heterocycles. The maximum atomic E-state index is 11.7. The van der Waals surface area contributed by atoms with Crippen LogP contribution in [0.4, 0.5) is 5.95 Å². The van der Waals surface area contributed by atoms with Crippen LogP contribution < -0.4 is 10.4 Å². The van der Waals surface area contributed by atoms with E-state index in [0.29, 0.717) is 24.5 Å². The smallest absolute Gasteiger partial charge is 0.480 e. The average Bonchev–Trinajstić information content (AvgIpc) is 2.82. The number of anilines is 1. The Morgan fingerprint density at radius 2 is 1.70 bits per heavy atom. The zero-order valence-electron chi connectivity index (χ0n) is 16.3. The third-order valence-corrected chi connectivity index (χ3v) is 5.55. The molecule has 1 atom stereocenters. The topological polar surface area (TPSA) is 105 Å². The summed E-state index contributed by atoms with van der Waals surface area (Å²) >= 11 is 0. The zero-order valence-corrected chi connectivity index (χ0v) is 16.3. The highest BCUT2D eigenvalue weighted by atomic mass is 16.7. The molecule has 1 aromatic rings. The molecule has 3 heterocycles. The predicted molar refractivity (Wildman–Crippen MR) is 98.8 cm³/mol. The van der Waals surface area contributed by atoms with E-state index in [1.807, 2.05) is 27.7 Å². The van der Waals surface area contributed by atoms with E-state index in [1.165, 1.54) is 11.8 Å². The van der Waals surface area contributed by atoms with Gasteiger partial charge in [-0.25, -0.2) is 14.8 Å². The quantitative estimate of drug-likeness (QED) is 0.730. The lowest BCUT2D eigenvalue weighted by Crippen LogP contribution is -2.58. The fourth-order valence-corrected chi connectivity index (χ4v) is 3.10. The summed E-state index contributed by atoms with van der Waals surface area (Å²) in [5, 5.41) is 9.54. The first-order valence-corrected chi connectivity index (χ1v) is 8.94. The average molecular weight is 376 g/mol. The summed E-state index contributed by atoms with van der Waals surface area (Å²) in [6, 6.07) is -0.884. The lowest BCUT2D eigenvalue weighted by atomic mass is 9.81. The van der Waals surface area contributed by atoms with Crippen LogP contribution in [0, 0.1) is 0 Å². The molecule has 0 radical (unpaired) electrons. The largest absolute Gasteiger partial charge is 0.498 e. The van der Waals surface area contributed by atoms with E-state index in [-0.39, 0.29) is 12.5 Å². The molecule has 1 aromatic heterocycles. The second-order valence-electron chi connectivity index (χ2n) is 7.92. The Hall–Kier alpha value is -2.20. The van der Waals surface area contributed by atoms with Gasteiger partial charge in [-0.3, -0.25) is 4.79 Å². The molecule has 0 saturated carbocycles. The molecule has 0 aliphatic carbocycles. The third-order valence-electron chi connectivity index (χ3n) is 5.55.